The van der Waals surface area contributed by atoms with Gasteiger partial charge in [0, 0.05) is 12.6 Å². The Morgan fingerprint density at radius 1 is 1.22 bits per heavy atom. The fourth-order valence-corrected chi connectivity index (χ4v) is 2.77. The molecule has 2 aliphatic heterocycles. The highest BCUT2D eigenvalue weighted by Gasteiger charge is 2.53. The van der Waals surface area contributed by atoms with Crippen LogP contribution in [0, 0.1) is 0 Å². The second kappa shape index (κ2) is 6.56. The smallest absolute Gasteiger partial charge is 0.399 e. The van der Waals surface area contributed by atoms with Gasteiger partial charge in [-0.2, -0.15) is 0 Å². The first-order valence-electron chi connectivity index (χ1n) is 7.30. The Balaban J connectivity index is 1.75. The molecule has 0 saturated carbocycles. The van der Waals surface area contributed by atoms with Crippen molar-refractivity contribution in [3.8, 4) is 0 Å². The first kappa shape index (κ1) is 16.4. The molecule has 1 aromatic carbocycles. The van der Waals surface area contributed by atoms with Crippen LogP contribution >= 0.6 is 0 Å². The summed E-state index contributed by atoms with van der Waals surface area (Å²) in [5.74, 6) is -0.205. The summed E-state index contributed by atoms with van der Waals surface area (Å²) in [5, 5.41) is 31.7. The first-order valence-corrected chi connectivity index (χ1v) is 7.30. The van der Waals surface area contributed by atoms with Crippen molar-refractivity contribution >= 4 is 18.5 Å². The van der Waals surface area contributed by atoms with Crippen molar-refractivity contribution < 1.29 is 34.2 Å². The molecule has 2 heterocycles. The summed E-state index contributed by atoms with van der Waals surface area (Å²) >= 11 is 0. The molecule has 8 nitrogen and oxygen atoms in total. The Hall–Kier alpha value is -1.49. The van der Waals surface area contributed by atoms with Gasteiger partial charge in [0.05, 0.1) is 6.61 Å². The van der Waals surface area contributed by atoms with E-state index in [-0.39, 0.29) is 5.91 Å². The van der Waals surface area contributed by atoms with Gasteiger partial charge in [0.15, 0.2) is 6.29 Å². The van der Waals surface area contributed by atoms with Crippen molar-refractivity contribution in [2.24, 2.45) is 0 Å². The lowest BCUT2D eigenvalue weighted by Gasteiger charge is -2.37. The standard InChI is InChI=1S/C14H18BNO7/c1-16-13(19)7-2-4-8(5-3-7)15-22-11-10(18)9(6-17)21-14(20)12(11)23-15/h2-5,9-12,14,17-18,20H,6H2,1H3,(H,16,19)/t9-,10-,11+,12-,14+/m1/s1. The molecule has 124 valence electrons. The molecular formula is C14H18BNO7. The van der Waals surface area contributed by atoms with Crippen LogP contribution in [0.1, 0.15) is 10.4 Å². The van der Waals surface area contributed by atoms with Gasteiger partial charge in [0.25, 0.3) is 5.91 Å². The summed E-state index contributed by atoms with van der Waals surface area (Å²) in [7, 11) is 0.749. The van der Waals surface area contributed by atoms with E-state index in [1.165, 1.54) is 0 Å². The zero-order valence-electron chi connectivity index (χ0n) is 12.5. The van der Waals surface area contributed by atoms with Gasteiger partial charge in [-0.1, -0.05) is 12.1 Å². The van der Waals surface area contributed by atoms with Crippen LogP contribution in [-0.2, 0) is 14.0 Å². The van der Waals surface area contributed by atoms with E-state index in [2.05, 4.69) is 5.32 Å². The molecule has 3 rings (SSSR count). The normalized spacial score (nSPS) is 33.4. The second-order valence-corrected chi connectivity index (χ2v) is 5.47. The lowest BCUT2D eigenvalue weighted by Crippen LogP contribution is -2.57. The lowest BCUT2D eigenvalue weighted by atomic mass is 9.79. The third-order valence-corrected chi connectivity index (χ3v) is 4.05. The minimum Gasteiger partial charge on any atom is -0.399 e. The van der Waals surface area contributed by atoms with Gasteiger partial charge in [0.1, 0.15) is 24.4 Å². The Kier molecular flexibility index (Phi) is 4.67. The van der Waals surface area contributed by atoms with Gasteiger partial charge in [-0.3, -0.25) is 4.79 Å². The van der Waals surface area contributed by atoms with Crippen LogP contribution in [-0.4, -0.2) is 72.7 Å². The van der Waals surface area contributed by atoms with E-state index in [9.17, 15) is 15.0 Å². The topological polar surface area (TPSA) is 117 Å². The molecule has 4 N–H and O–H groups in total. The molecule has 0 aromatic heterocycles. The molecule has 5 atom stereocenters. The number of aliphatic hydroxyl groups excluding tert-OH is 3. The Labute approximate surface area is 133 Å². The van der Waals surface area contributed by atoms with Crippen LogP contribution in [0.2, 0.25) is 0 Å². The number of amides is 1. The van der Waals surface area contributed by atoms with Gasteiger partial charge in [-0.15, -0.1) is 0 Å². The van der Waals surface area contributed by atoms with Crippen molar-refractivity contribution in [3.05, 3.63) is 29.8 Å². The lowest BCUT2D eigenvalue weighted by molar-refractivity contribution is -0.261. The fraction of sp³-hybridized carbons (Fsp3) is 0.500. The predicted octanol–water partition coefficient (Wildman–Crippen LogP) is -2.40. The minimum atomic E-state index is -1.30. The number of benzene rings is 1. The monoisotopic (exact) mass is 323 g/mol. The SMILES string of the molecule is CNC(=O)c1ccc(B2O[C@@H]3[C@@H](O2)[C@H](O)[C@@H](CO)O[C@@H]3O)cc1. The van der Waals surface area contributed by atoms with Crippen LogP contribution in [0.3, 0.4) is 0 Å². The summed E-state index contributed by atoms with van der Waals surface area (Å²) < 4.78 is 16.4. The maximum absolute atomic E-state index is 11.5. The molecule has 2 fully saturated rings. The molecule has 0 spiro atoms. The molecule has 2 saturated heterocycles. The molecule has 0 aliphatic carbocycles. The highest BCUT2D eigenvalue weighted by molar-refractivity contribution is 6.61. The van der Waals surface area contributed by atoms with E-state index in [1.54, 1.807) is 31.3 Å². The third kappa shape index (κ3) is 2.99. The van der Waals surface area contributed by atoms with Gasteiger partial charge in [0.2, 0.25) is 0 Å². The number of ether oxygens (including phenoxy) is 1. The molecule has 9 heteroatoms. The van der Waals surface area contributed by atoms with Crippen LogP contribution < -0.4 is 10.8 Å². The van der Waals surface area contributed by atoms with Gasteiger partial charge in [-0.05, 0) is 17.6 Å². The van der Waals surface area contributed by atoms with Crippen LogP contribution in [0.15, 0.2) is 24.3 Å². The van der Waals surface area contributed by atoms with Crippen LogP contribution in [0.5, 0.6) is 0 Å². The van der Waals surface area contributed by atoms with Crippen molar-refractivity contribution in [2.45, 2.75) is 30.7 Å². The summed E-state index contributed by atoms with van der Waals surface area (Å²) in [6.45, 7) is -0.434. The maximum Gasteiger partial charge on any atom is 0.494 e. The Bertz CT molecular complexity index is 569. The maximum atomic E-state index is 11.5. The average molecular weight is 323 g/mol. The number of aliphatic hydroxyl groups is 3. The fourth-order valence-electron chi connectivity index (χ4n) is 2.77. The van der Waals surface area contributed by atoms with Crippen molar-refractivity contribution in [2.75, 3.05) is 13.7 Å². The van der Waals surface area contributed by atoms with Gasteiger partial charge < -0.3 is 34.7 Å². The summed E-state index contributed by atoms with van der Waals surface area (Å²) in [4.78, 5) is 11.5. The highest BCUT2D eigenvalue weighted by Crippen LogP contribution is 2.30. The number of hydrogen-bond donors (Lipinski definition) is 4. The number of nitrogens with one attached hydrogen (secondary N) is 1. The molecule has 2 aliphatic rings. The highest BCUT2D eigenvalue weighted by atomic mass is 16.7. The molecule has 1 amide bonds. The minimum absolute atomic E-state index is 0.205. The van der Waals surface area contributed by atoms with E-state index < -0.39 is 44.4 Å². The van der Waals surface area contributed by atoms with E-state index in [4.69, 9.17) is 19.2 Å². The van der Waals surface area contributed by atoms with Crippen molar-refractivity contribution in [1.29, 1.82) is 0 Å². The average Bonchev–Trinajstić information content (AvgIpc) is 3.03. The molecule has 0 radical (unpaired) electrons. The Morgan fingerprint density at radius 3 is 2.48 bits per heavy atom. The second-order valence-electron chi connectivity index (χ2n) is 5.47. The van der Waals surface area contributed by atoms with Crippen LogP contribution in [0.4, 0.5) is 0 Å². The van der Waals surface area contributed by atoms with E-state index >= 15 is 0 Å². The molecule has 0 unspecified atom stereocenters. The quantitative estimate of drug-likeness (QED) is 0.458. The first-order chi connectivity index (χ1) is 11.0. The zero-order chi connectivity index (χ0) is 16.6. The number of fused-ring (bicyclic) bond motifs is 1. The molecule has 0 bridgehead atoms. The summed E-state index contributed by atoms with van der Waals surface area (Å²) in [6, 6.07) is 6.61. The molecular weight excluding hydrogens is 305 g/mol. The van der Waals surface area contributed by atoms with Crippen molar-refractivity contribution in [1.82, 2.24) is 5.32 Å². The number of rotatable bonds is 3. The van der Waals surface area contributed by atoms with E-state index in [1.807, 2.05) is 0 Å². The van der Waals surface area contributed by atoms with Gasteiger partial charge in [-0.25, -0.2) is 0 Å². The molecule has 1 aromatic rings. The predicted molar refractivity (Wildman–Crippen MR) is 78.9 cm³/mol. The number of hydrogen-bond acceptors (Lipinski definition) is 7. The van der Waals surface area contributed by atoms with Gasteiger partial charge >= 0.3 is 7.12 Å². The van der Waals surface area contributed by atoms with E-state index in [0.717, 1.165) is 0 Å². The third-order valence-electron chi connectivity index (χ3n) is 4.05. The zero-order valence-corrected chi connectivity index (χ0v) is 12.5. The van der Waals surface area contributed by atoms with Crippen LogP contribution in [0.25, 0.3) is 0 Å². The largest absolute Gasteiger partial charge is 0.494 e. The van der Waals surface area contributed by atoms with E-state index in [0.29, 0.717) is 11.0 Å². The summed E-state index contributed by atoms with van der Waals surface area (Å²) in [5.41, 5.74) is 1.14. The summed E-state index contributed by atoms with van der Waals surface area (Å²) in [6.07, 6.45) is -4.99. The van der Waals surface area contributed by atoms with Crippen molar-refractivity contribution in [3.63, 3.8) is 0 Å². The number of carbonyl (C=O) groups excluding carboxylic acids is 1. The Morgan fingerprint density at radius 2 is 1.87 bits per heavy atom. The number of carbonyl (C=O) groups is 1. The molecule has 23 heavy (non-hydrogen) atoms.